The van der Waals surface area contributed by atoms with Gasteiger partial charge in [-0.3, -0.25) is 0 Å². The zero-order valence-electron chi connectivity index (χ0n) is 13.3. The maximum Gasteiger partial charge on any atom is 0.0358 e. The predicted molar refractivity (Wildman–Crippen MR) is 94.9 cm³/mol. The van der Waals surface area contributed by atoms with Gasteiger partial charge in [-0.2, -0.15) is 0 Å². The van der Waals surface area contributed by atoms with Gasteiger partial charge in [0.05, 0.1) is 0 Å². The first-order valence-corrected chi connectivity index (χ1v) is 8.32. The summed E-state index contributed by atoms with van der Waals surface area (Å²) in [5, 5.41) is 3.44. The molecule has 0 bridgehead atoms. The van der Waals surface area contributed by atoms with Crippen LogP contribution in [0.1, 0.15) is 48.1 Å². The topological polar surface area (TPSA) is 12.0 Å². The molecule has 0 aliphatic carbocycles. The van der Waals surface area contributed by atoms with Crippen molar-refractivity contribution in [1.82, 2.24) is 5.32 Å². The molecule has 0 aliphatic heterocycles. The predicted octanol–water partition coefficient (Wildman–Crippen LogP) is 5.38. The Bertz CT molecular complexity index is 587. The minimum absolute atomic E-state index is 0.349. The number of benzene rings is 2. The van der Waals surface area contributed by atoms with Crippen LogP contribution < -0.4 is 5.32 Å². The van der Waals surface area contributed by atoms with Crippen LogP contribution in [0.25, 0.3) is 0 Å². The number of rotatable bonds is 5. The van der Waals surface area contributed by atoms with E-state index in [2.05, 4.69) is 84.5 Å². The molecule has 112 valence electrons. The smallest absolute Gasteiger partial charge is 0.0358 e. The Morgan fingerprint density at radius 3 is 2.14 bits per heavy atom. The van der Waals surface area contributed by atoms with Crippen LogP contribution in [0.4, 0.5) is 0 Å². The summed E-state index contributed by atoms with van der Waals surface area (Å²) in [6, 6.07) is 15.9. The number of aryl methyl sites for hydroxylation is 1. The molecule has 2 rings (SSSR count). The molecule has 1 atom stereocenters. The molecule has 0 fully saturated rings. The Morgan fingerprint density at radius 1 is 1.00 bits per heavy atom. The largest absolute Gasteiger partial charge is 0.313 e. The second-order valence-electron chi connectivity index (χ2n) is 5.95. The lowest BCUT2D eigenvalue weighted by Gasteiger charge is -2.18. The van der Waals surface area contributed by atoms with Gasteiger partial charge >= 0.3 is 0 Å². The fourth-order valence-electron chi connectivity index (χ4n) is 2.55. The SMILES string of the molecule is CNC(Cc1ccc(C(C)C)cc1)c1ccc(Br)c(C)c1. The number of hydrogen-bond acceptors (Lipinski definition) is 1. The van der Waals surface area contributed by atoms with Gasteiger partial charge in [-0.25, -0.2) is 0 Å². The summed E-state index contributed by atoms with van der Waals surface area (Å²) in [7, 11) is 2.03. The normalized spacial score (nSPS) is 12.7. The average Bonchev–Trinajstić information content (AvgIpc) is 2.48. The van der Waals surface area contributed by atoms with Crippen molar-refractivity contribution in [3.63, 3.8) is 0 Å². The highest BCUT2D eigenvalue weighted by Gasteiger charge is 2.11. The quantitative estimate of drug-likeness (QED) is 0.766. The third-order valence-electron chi connectivity index (χ3n) is 4.02. The van der Waals surface area contributed by atoms with Crippen molar-refractivity contribution < 1.29 is 0 Å². The Kier molecular flexibility index (Phi) is 5.60. The first-order chi connectivity index (χ1) is 10.0. The van der Waals surface area contributed by atoms with Gasteiger partial charge in [0.25, 0.3) is 0 Å². The molecule has 1 unspecified atom stereocenters. The molecule has 0 radical (unpaired) electrons. The molecule has 0 spiro atoms. The van der Waals surface area contributed by atoms with E-state index in [0.29, 0.717) is 12.0 Å². The molecule has 2 heteroatoms. The third kappa shape index (κ3) is 4.18. The standard InChI is InChI=1S/C19H24BrN/c1-13(2)16-7-5-15(6-8-16)12-19(21-4)17-9-10-18(20)14(3)11-17/h5-11,13,19,21H,12H2,1-4H3. The summed E-state index contributed by atoms with van der Waals surface area (Å²) in [5.74, 6) is 0.591. The zero-order chi connectivity index (χ0) is 15.4. The Balaban J connectivity index is 2.16. The highest BCUT2D eigenvalue weighted by molar-refractivity contribution is 9.10. The molecule has 21 heavy (non-hydrogen) atoms. The van der Waals surface area contributed by atoms with Gasteiger partial charge < -0.3 is 5.32 Å². The Morgan fingerprint density at radius 2 is 1.62 bits per heavy atom. The van der Waals surface area contributed by atoms with E-state index in [1.54, 1.807) is 0 Å². The summed E-state index contributed by atoms with van der Waals surface area (Å²) in [5.41, 5.74) is 5.40. The Hall–Kier alpha value is -1.12. The molecule has 0 aliphatic rings. The van der Waals surface area contributed by atoms with Crippen LogP contribution in [0.2, 0.25) is 0 Å². The Labute approximate surface area is 136 Å². The van der Waals surface area contributed by atoms with E-state index < -0.39 is 0 Å². The van der Waals surface area contributed by atoms with Gasteiger partial charge in [-0.05, 0) is 54.6 Å². The minimum atomic E-state index is 0.349. The number of likely N-dealkylation sites (N-methyl/N-ethyl adjacent to an activating group) is 1. The lowest BCUT2D eigenvalue weighted by atomic mass is 9.95. The number of halogens is 1. The van der Waals surface area contributed by atoms with E-state index in [4.69, 9.17) is 0 Å². The van der Waals surface area contributed by atoms with Gasteiger partial charge in [-0.1, -0.05) is 66.2 Å². The highest BCUT2D eigenvalue weighted by atomic mass is 79.9. The lowest BCUT2D eigenvalue weighted by Crippen LogP contribution is -2.19. The van der Waals surface area contributed by atoms with Gasteiger partial charge in [0.2, 0.25) is 0 Å². The molecule has 0 saturated heterocycles. The summed E-state index contributed by atoms with van der Waals surface area (Å²) >= 11 is 3.57. The van der Waals surface area contributed by atoms with Gasteiger partial charge in [-0.15, -0.1) is 0 Å². The fourth-order valence-corrected chi connectivity index (χ4v) is 2.79. The molecule has 1 nitrogen and oxygen atoms in total. The van der Waals surface area contributed by atoms with Crippen molar-refractivity contribution in [2.24, 2.45) is 0 Å². The second kappa shape index (κ2) is 7.24. The van der Waals surface area contributed by atoms with Crippen LogP contribution >= 0.6 is 15.9 Å². The van der Waals surface area contributed by atoms with Crippen molar-refractivity contribution >= 4 is 15.9 Å². The van der Waals surface area contributed by atoms with Gasteiger partial charge in [0, 0.05) is 10.5 Å². The molecule has 0 saturated carbocycles. The number of hydrogen-bond donors (Lipinski definition) is 1. The van der Waals surface area contributed by atoms with Crippen LogP contribution in [0.15, 0.2) is 46.9 Å². The molecule has 0 heterocycles. The van der Waals surface area contributed by atoms with E-state index in [9.17, 15) is 0 Å². The van der Waals surface area contributed by atoms with Crippen molar-refractivity contribution in [3.8, 4) is 0 Å². The number of nitrogens with one attached hydrogen (secondary N) is 1. The maximum absolute atomic E-state index is 3.57. The molecule has 2 aromatic carbocycles. The molecule has 1 N–H and O–H groups in total. The summed E-state index contributed by atoms with van der Waals surface area (Å²) in [6.07, 6.45) is 1.01. The van der Waals surface area contributed by atoms with Crippen molar-refractivity contribution in [3.05, 3.63) is 69.2 Å². The van der Waals surface area contributed by atoms with Crippen LogP contribution in [0, 0.1) is 6.92 Å². The van der Waals surface area contributed by atoms with E-state index in [1.165, 1.54) is 26.7 Å². The van der Waals surface area contributed by atoms with E-state index in [-0.39, 0.29) is 0 Å². The minimum Gasteiger partial charge on any atom is -0.313 e. The van der Waals surface area contributed by atoms with Crippen molar-refractivity contribution in [1.29, 1.82) is 0 Å². The van der Waals surface area contributed by atoms with Gasteiger partial charge in [0.15, 0.2) is 0 Å². The van der Waals surface area contributed by atoms with Gasteiger partial charge in [0.1, 0.15) is 0 Å². The molecular formula is C19H24BrN. The molecule has 0 aromatic heterocycles. The second-order valence-corrected chi connectivity index (χ2v) is 6.80. The molecule has 2 aromatic rings. The highest BCUT2D eigenvalue weighted by Crippen LogP contribution is 2.24. The van der Waals surface area contributed by atoms with Crippen LogP contribution in [-0.4, -0.2) is 7.05 Å². The van der Waals surface area contributed by atoms with E-state index in [0.717, 1.165) is 6.42 Å². The monoisotopic (exact) mass is 345 g/mol. The van der Waals surface area contributed by atoms with Crippen molar-refractivity contribution in [2.45, 2.75) is 39.2 Å². The van der Waals surface area contributed by atoms with E-state index >= 15 is 0 Å². The van der Waals surface area contributed by atoms with Crippen LogP contribution in [-0.2, 0) is 6.42 Å². The average molecular weight is 346 g/mol. The summed E-state index contributed by atoms with van der Waals surface area (Å²) in [6.45, 7) is 6.60. The first kappa shape index (κ1) is 16.3. The lowest BCUT2D eigenvalue weighted by molar-refractivity contribution is 0.591. The third-order valence-corrected chi connectivity index (χ3v) is 4.91. The molecular weight excluding hydrogens is 322 g/mol. The van der Waals surface area contributed by atoms with Crippen LogP contribution in [0.3, 0.4) is 0 Å². The first-order valence-electron chi connectivity index (χ1n) is 7.53. The zero-order valence-corrected chi connectivity index (χ0v) is 14.9. The maximum atomic E-state index is 3.57. The van der Waals surface area contributed by atoms with Crippen molar-refractivity contribution in [2.75, 3.05) is 7.05 Å². The van der Waals surface area contributed by atoms with Crippen LogP contribution in [0.5, 0.6) is 0 Å². The fraction of sp³-hybridized carbons (Fsp3) is 0.368. The molecule has 0 amide bonds. The van der Waals surface area contributed by atoms with E-state index in [1.807, 2.05) is 7.05 Å². The summed E-state index contributed by atoms with van der Waals surface area (Å²) in [4.78, 5) is 0. The summed E-state index contributed by atoms with van der Waals surface area (Å²) < 4.78 is 1.17.